The summed E-state index contributed by atoms with van der Waals surface area (Å²) in [4.78, 5) is 36.0. The average molecular weight is 556 g/mol. The third-order valence-electron chi connectivity index (χ3n) is 4.88. The second kappa shape index (κ2) is 10.8. The molecule has 0 amide bonds. The molecule has 0 aliphatic rings. The van der Waals surface area contributed by atoms with Crippen molar-refractivity contribution in [2.24, 2.45) is 0 Å². The lowest BCUT2D eigenvalue weighted by molar-refractivity contribution is -0.138. The highest BCUT2D eigenvalue weighted by Gasteiger charge is 2.33. The van der Waals surface area contributed by atoms with E-state index in [0.717, 1.165) is 18.2 Å². The summed E-state index contributed by atoms with van der Waals surface area (Å²) < 4.78 is 87.1. The highest BCUT2D eigenvalue weighted by molar-refractivity contribution is 5.96. The Bertz CT molecular complexity index is 1470. The molecule has 0 unspecified atom stereocenters. The number of hydrogen-bond donors (Lipinski definition) is 3. The zero-order chi connectivity index (χ0) is 29.1. The summed E-state index contributed by atoms with van der Waals surface area (Å²) >= 11 is 0. The van der Waals surface area contributed by atoms with Gasteiger partial charge in [0.1, 0.15) is 22.6 Å². The van der Waals surface area contributed by atoms with Gasteiger partial charge in [0, 0.05) is 6.08 Å². The van der Waals surface area contributed by atoms with Crippen LogP contribution in [0.5, 0.6) is 23.0 Å². The first-order chi connectivity index (χ1) is 18.1. The Labute approximate surface area is 213 Å². The van der Waals surface area contributed by atoms with Crippen molar-refractivity contribution < 1.29 is 65.5 Å². The molecule has 0 radical (unpaired) electrons. The maximum Gasteiger partial charge on any atom is 0.416 e. The van der Waals surface area contributed by atoms with E-state index in [1.54, 1.807) is 0 Å². The van der Waals surface area contributed by atoms with Gasteiger partial charge in [0.2, 0.25) is 0 Å². The van der Waals surface area contributed by atoms with E-state index in [4.69, 9.17) is 14.6 Å². The highest BCUT2D eigenvalue weighted by atomic mass is 19.4. The van der Waals surface area contributed by atoms with Crippen molar-refractivity contribution in [3.05, 3.63) is 88.5 Å². The van der Waals surface area contributed by atoms with Crippen LogP contribution in [0.15, 0.2) is 60.7 Å². The molecule has 0 aliphatic heterocycles. The number of carboxylic acid groups (broad SMARTS) is 1. The number of ether oxygens (including phenoxy) is 2. The van der Waals surface area contributed by atoms with Crippen LogP contribution in [0.4, 0.5) is 26.3 Å². The predicted molar refractivity (Wildman–Crippen MR) is 119 cm³/mol. The predicted octanol–water partition coefficient (Wildman–Crippen LogP) is 5.67. The monoisotopic (exact) mass is 556 g/mol. The van der Waals surface area contributed by atoms with E-state index < -0.39 is 75.5 Å². The molecule has 0 aliphatic carbocycles. The number of aromatic hydroxyl groups is 2. The lowest BCUT2D eigenvalue weighted by Crippen LogP contribution is -2.14. The van der Waals surface area contributed by atoms with E-state index in [1.807, 2.05) is 0 Å². The van der Waals surface area contributed by atoms with Crippen LogP contribution in [0.25, 0.3) is 6.08 Å². The van der Waals surface area contributed by atoms with E-state index in [0.29, 0.717) is 30.3 Å². The van der Waals surface area contributed by atoms with Gasteiger partial charge in [-0.05, 0) is 60.2 Å². The summed E-state index contributed by atoms with van der Waals surface area (Å²) in [6, 6.07) is 6.02. The molecule has 0 saturated carbocycles. The number of carbonyl (C=O) groups is 3. The van der Waals surface area contributed by atoms with Gasteiger partial charge in [-0.3, -0.25) is 0 Å². The first kappa shape index (κ1) is 28.6. The Hall–Kier alpha value is -5.01. The Morgan fingerprint density at radius 1 is 0.667 bits per heavy atom. The molecule has 3 N–H and O–H groups in total. The van der Waals surface area contributed by atoms with Crippen LogP contribution in [-0.2, 0) is 17.1 Å². The van der Waals surface area contributed by atoms with Crippen molar-refractivity contribution in [1.29, 1.82) is 0 Å². The minimum absolute atomic E-state index is 0.0778. The number of aliphatic carboxylic acids is 1. The molecule has 0 spiro atoms. The van der Waals surface area contributed by atoms with Gasteiger partial charge in [-0.2, -0.15) is 26.3 Å². The third-order valence-corrected chi connectivity index (χ3v) is 4.88. The summed E-state index contributed by atoms with van der Waals surface area (Å²) in [6.07, 6.45) is -7.89. The molecule has 3 rings (SSSR count). The number of carboxylic acids is 1. The summed E-state index contributed by atoms with van der Waals surface area (Å²) in [5, 5.41) is 28.6. The van der Waals surface area contributed by atoms with Crippen LogP contribution in [-0.4, -0.2) is 33.2 Å². The standard InChI is InChI=1S/C25H14F6O8/c26-24(27,28)13-3-5-15(17(32)10-13)22(36)38-19-7-1-12(2-8-21(34)35)9-20(19)39-23(37)16-6-4-14(11-18(16)33)25(29,30)31/h1-11,32-33H,(H,34,35)/b8-2+. The van der Waals surface area contributed by atoms with Crippen LogP contribution >= 0.6 is 0 Å². The minimum Gasteiger partial charge on any atom is -0.507 e. The Morgan fingerprint density at radius 3 is 1.54 bits per heavy atom. The number of phenolic OH excluding ortho intramolecular Hbond substituents is 2. The van der Waals surface area contributed by atoms with Crippen LogP contribution in [0, 0.1) is 0 Å². The summed E-state index contributed by atoms with van der Waals surface area (Å²) in [5.74, 6) is -7.45. The van der Waals surface area contributed by atoms with Gasteiger partial charge in [-0.25, -0.2) is 14.4 Å². The summed E-state index contributed by atoms with van der Waals surface area (Å²) in [6.45, 7) is 0. The van der Waals surface area contributed by atoms with Crippen molar-refractivity contribution in [2.45, 2.75) is 12.4 Å². The molecule has 3 aromatic rings. The molecule has 0 fully saturated rings. The van der Waals surface area contributed by atoms with E-state index in [2.05, 4.69) is 0 Å². The van der Waals surface area contributed by atoms with Crippen LogP contribution in [0.2, 0.25) is 0 Å². The maximum atomic E-state index is 12.8. The maximum absolute atomic E-state index is 12.8. The van der Waals surface area contributed by atoms with E-state index >= 15 is 0 Å². The number of rotatable bonds is 6. The normalized spacial score (nSPS) is 11.8. The van der Waals surface area contributed by atoms with Crippen molar-refractivity contribution in [2.75, 3.05) is 0 Å². The first-order valence-electron chi connectivity index (χ1n) is 10.4. The molecular weight excluding hydrogens is 542 g/mol. The quantitative estimate of drug-likeness (QED) is 0.153. The molecular formula is C25H14F6O8. The number of alkyl halides is 6. The molecule has 0 saturated heterocycles. The number of halogens is 6. The largest absolute Gasteiger partial charge is 0.507 e. The Balaban J connectivity index is 1.96. The molecule has 204 valence electrons. The van der Waals surface area contributed by atoms with Crippen LogP contribution < -0.4 is 9.47 Å². The Morgan fingerprint density at radius 2 is 1.13 bits per heavy atom. The van der Waals surface area contributed by atoms with Crippen LogP contribution in [0.3, 0.4) is 0 Å². The fourth-order valence-electron chi connectivity index (χ4n) is 3.03. The van der Waals surface area contributed by atoms with Crippen LogP contribution in [0.1, 0.15) is 37.4 Å². The SMILES string of the molecule is O=C(O)/C=C/c1ccc(OC(=O)c2ccc(C(F)(F)F)cc2O)c(OC(=O)c2ccc(C(F)(F)F)cc2O)c1. The second-order valence-electron chi connectivity index (χ2n) is 7.62. The molecule has 3 aromatic carbocycles. The lowest BCUT2D eigenvalue weighted by atomic mass is 10.1. The Kier molecular flexibility index (Phi) is 7.89. The molecule has 0 bridgehead atoms. The molecule has 0 aromatic heterocycles. The number of phenols is 2. The van der Waals surface area contributed by atoms with E-state index in [9.17, 15) is 50.9 Å². The van der Waals surface area contributed by atoms with Crippen molar-refractivity contribution in [3.63, 3.8) is 0 Å². The number of carbonyl (C=O) groups excluding carboxylic acids is 2. The zero-order valence-electron chi connectivity index (χ0n) is 19.0. The van der Waals surface area contributed by atoms with Crippen molar-refractivity contribution >= 4 is 24.0 Å². The third kappa shape index (κ3) is 7.06. The molecule has 0 atom stereocenters. The molecule has 14 heteroatoms. The molecule has 39 heavy (non-hydrogen) atoms. The number of hydrogen-bond acceptors (Lipinski definition) is 7. The smallest absolute Gasteiger partial charge is 0.416 e. The van der Waals surface area contributed by atoms with Gasteiger partial charge in [-0.1, -0.05) is 6.07 Å². The number of benzene rings is 3. The molecule has 0 heterocycles. The van der Waals surface area contributed by atoms with Gasteiger partial charge < -0.3 is 24.8 Å². The summed E-state index contributed by atoms with van der Waals surface area (Å²) in [5.41, 5.74) is -3.85. The van der Waals surface area contributed by atoms with Gasteiger partial charge in [0.25, 0.3) is 0 Å². The number of esters is 2. The highest BCUT2D eigenvalue weighted by Crippen LogP contribution is 2.36. The van der Waals surface area contributed by atoms with E-state index in [1.165, 1.54) is 6.07 Å². The van der Waals surface area contributed by atoms with Gasteiger partial charge in [-0.15, -0.1) is 0 Å². The average Bonchev–Trinajstić information content (AvgIpc) is 2.82. The van der Waals surface area contributed by atoms with Gasteiger partial charge in [0.05, 0.1) is 11.1 Å². The first-order valence-corrected chi connectivity index (χ1v) is 10.4. The lowest BCUT2D eigenvalue weighted by Gasteiger charge is -2.14. The minimum atomic E-state index is -4.82. The second-order valence-corrected chi connectivity index (χ2v) is 7.62. The van der Waals surface area contributed by atoms with Gasteiger partial charge >= 0.3 is 30.3 Å². The topological polar surface area (TPSA) is 130 Å². The fourth-order valence-corrected chi connectivity index (χ4v) is 3.03. The summed E-state index contributed by atoms with van der Waals surface area (Å²) in [7, 11) is 0. The van der Waals surface area contributed by atoms with Gasteiger partial charge in [0.15, 0.2) is 11.5 Å². The molecule has 8 nitrogen and oxygen atoms in total. The van der Waals surface area contributed by atoms with Crippen molar-refractivity contribution in [1.82, 2.24) is 0 Å². The zero-order valence-corrected chi connectivity index (χ0v) is 19.0. The fraction of sp³-hybridized carbons (Fsp3) is 0.0800. The van der Waals surface area contributed by atoms with E-state index in [-0.39, 0.29) is 17.7 Å². The van der Waals surface area contributed by atoms with Crippen molar-refractivity contribution in [3.8, 4) is 23.0 Å².